The number of aromatic nitrogens is 1. The van der Waals surface area contributed by atoms with Crippen molar-refractivity contribution in [1.82, 2.24) is 4.98 Å². The third kappa shape index (κ3) is 3.90. The van der Waals surface area contributed by atoms with Gasteiger partial charge in [-0.25, -0.2) is 9.37 Å². The topological polar surface area (TPSA) is 60.2 Å². The highest BCUT2D eigenvalue weighted by Crippen LogP contribution is 2.39. The molecule has 1 aliphatic carbocycles. The van der Waals surface area contributed by atoms with Crippen LogP contribution in [0.15, 0.2) is 90.6 Å². The summed E-state index contributed by atoms with van der Waals surface area (Å²) in [6.07, 6.45) is 0.537. The number of nitrogens with zero attached hydrogens (tertiary/aromatic N) is 1. The predicted octanol–water partition coefficient (Wildman–Crippen LogP) is 6.63. The number of para-hydroxylation sites is 1. The molecule has 1 heterocycles. The quantitative estimate of drug-likeness (QED) is 0.363. The second-order valence-corrected chi connectivity index (χ2v) is 7.85. The molecule has 0 atom stereocenters. The third-order valence-corrected chi connectivity index (χ3v) is 5.55. The molecule has 0 saturated heterocycles. The van der Waals surface area contributed by atoms with Crippen LogP contribution in [0.25, 0.3) is 17.0 Å². The minimum absolute atomic E-state index is 0.0418. The summed E-state index contributed by atoms with van der Waals surface area (Å²) < 4.78 is 19.7. The van der Waals surface area contributed by atoms with Gasteiger partial charge in [-0.3, -0.25) is 0 Å². The van der Waals surface area contributed by atoms with Crippen molar-refractivity contribution in [3.63, 3.8) is 0 Å². The maximum atomic E-state index is 13.6. The lowest BCUT2D eigenvalue weighted by molar-refractivity contribution is 0.463. The van der Waals surface area contributed by atoms with Crippen molar-refractivity contribution >= 4 is 23.0 Å². The highest BCUT2D eigenvalue weighted by molar-refractivity contribution is 6.31. The zero-order valence-electron chi connectivity index (χ0n) is 17.0. The number of allylic oxidation sites excluding steroid dienone is 1. The van der Waals surface area contributed by atoms with Crippen molar-refractivity contribution in [2.45, 2.75) is 6.42 Å². The summed E-state index contributed by atoms with van der Waals surface area (Å²) in [5.74, 6) is 0.675. The zero-order valence-corrected chi connectivity index (χ0v) is 17.7. The Morgan fingerprint density at radius 2 is 1.66 bits per heavy atom. The molecule has 1 aromatic heterocycles. The number of rotatable bonds is 5. The summed E-state index contributed by atoms with van der Waals surface area (Å²) >= 11 is 5.96. The van der Waals surface area contributed by atoms with Crippen LogP contribution in [-0.2, 0) is 6.42 Å². The van der Waals surface area contributed by atoms with Gasteiger partial charge >= 0.3 is 0 Å². The van der Waals surface area contributed by atoms with Gasteiger partial charge in [0.2, 0.25) is 5.88 Å². The lowest BCUT2D eigenvalue weighted by Gasteiger charge is -2.15. The first-order valence-corrected chi connectivity index (χ1v) is 10.5. The van der Waals surface area contributed by atoms with E-state index < -0.39 is 5.82 Å². The van der Waals surface area contributed by atoms with Crippen LogP contribution in [0.1, 0.15) is 11.1 Å². The normalized spacial score (nSPS) is 12.6. The lowest BCUT2D eigenvalue weighted by Crippen LogP contribution is -2.05. The molecule has 0 fully saturated rings. The number of hydrogen-bond donors (Lipinski definition) is 2. The van der Waals surface area contributed by atoms with E-state index in [-0.39, 0.29) is 5.02 Å². The van der Waals surface area contributed by atoms with E-state index in [0.29, 0.717) is 29.4 Å². The molecule has 1 aliphatic rings. The van der Waals surface area contributed by atoms with E-state index in [1.807, 2.05) is 66.7 Å². The molecular weight excluding hydrogens is 425 g/mol. The van der Waals surface area contributed by atoms with Gasteiger partial charge in [0.15, 0.2) is 0 Å². The van der Waals surface area contributed by atoms with Crippen LogP contribution in [0.3, 0.4) is 0 Å². The van der Waals surface area contributed by atoms with Gasteiger partial charge in [0.05, 0.1) is 16.4 Å². The molecule has 0 unspecified atom stereocenters. The number of nitrogens with two attached hydrogens (primary N) is 1. The first kappa shape index (κ1) is 20.1. The average Bonchev–Trinajstić information content (AvgIpc) is 3.12. The van der Waals surface area contributed by atoms with Crippen molar-refractivity contribution in [3.8, 4) is 22.9 Å². The molecule has 5 rings (SSSR count). The molecule has 0 saturated carbocycles. The van der Waals surface area contributed by atoms with E-state index in [1.165, 1.54) is 12.1 Å². The Hall–Kier alpha value is -3.83. The maximum absolute atomic E-state index is 13.6. The van der Waals surface area contributed by atoms with Gasteiger partial charge in [0.1, 0.15) is 11.6 Å². The highest BCUT2D eigenvalue weighted by Gasteiger charge is 2.26. The van der Waals surface area contributed by atoms with E-state index >= 15 is 0 Å². The van der Waals surface area contributed by atoms with Crippen LogP contribution in [0.4, 0.5) is 10.1 Å². The number of halogens is 2. The molecule has 6 heteroatoms. The number of ether oxygens (including phenoxy) is 1. The van der Waals surface area contributed by atoms with Crippen LogP contribution >= 0.6 is 11.6 Å². The van der Waals surface area contributed by atoms with E-state index in [4.69, 9.17) is 27.1 Å². The van der Waals surface area contributed by atoms with Gasteiger partial charge in [0, 0.05) is 35.0 Å². The molecule has 4 aromatic rings. The van der Waals surface area contributed by atoms with E-state index in [1.54, 1.807) is 6.07 Å². The Labute approximate surface area is 190 Å². The van der Waals surface area contributed by atoms with Crippen molar-refractivity contribution in [1.29, 1.82) is 0 Å². The lowest BCUT2D eigenvalue weighted by atomic mass is 10.0. The van der Waals surface area contributed by atoms with Crippen LogP contribution in [-0.4, -0.2) is 4.98 Å². The molecular formula is C26H19ClFN3O. The number of anilines is 1. The summed E-state index contributed by atoms with van der Waals surface area (Å²) in [6.45, 7) is 0. The zero-order chi connectivity index (χ0) is 22.1. The minimum atomic E-state index is -0.472. The van der Waals surface area contributed by atoms with Crippen LogP contribution in [0, 0.1) is 5.82 Å². The van der Waals surface area contributed by atoms with Gasteiger partial charge in [0.25, 0.3) is 0 Å². The second-order valence-electron chi connectivity index (χ2n) is 7.45. The maximum Gasteiger partial charge on any atom is 0.220 e. The fourth-order valence-corrected chi connectivity index (χ4v) is 3.94. The van der Waals surface area contributed by atoms with Gasteiger partial charge in [-0.15, -0.1) is 0 Å². The van der Waals surface area contributed by atoms with Crippen molar-refractivity contribution in [2.75, 3.05) is 5.32 Å². The average molecular weight is 444 g/mol. The summed E-state index contributed by atoms with van der Waals surface area (Å²) in [5.41, 5.74) is 12.2. The Morgan fingerprint density at radius 3 is 2.38 bits per heavy atom. The molecule has 0 aliphatic heterocycles. The minimum Gasteiger partial charge on any atom is -0.439 e. The second kappa shape index (κ2) is 8.36. The van der Waals surface area contributed by atoms with Gasteiger partial charge in [-0.1, -0.05) is 60.1 Å². The molecule has 4 nitrogen and oxygen atoms in total. The predicted molar refractivity (Wildman–Crippen MR) is 126 cm³/mol. The first-order chi connectivity index (χ1) is 15.6. The van der Waals surface area contributed by atoms with Gasteiger partial charge in [-0.2, -0.15) is 0 Å². The number of pyridine rings is 1. The summed E-state index contributed by atoms with van der Waals surface area (Å²) in [4.78, 5) is 4.81. The van der Waals surface area contributed by atoms with Crippen LogP contribution in [0.2, 0.25) is 5.02 Å². The largest absolute Gasteiger partial charge is 0.439 e. The third-order valence-electron chi connectivity index (χ3n) is 5.26. The van der Waals surface area contributed by atoms with E-state index in [0.717, 1.165) is 28.1 Å². The van der Waals surface area contributed by atoms with E-state index in [9.17, 15) is 4.39 Å². The SMILES string of the molecule is NC1=C(Nc2ccc(F)c(Cl)c2)c2cc(Oc3ccccc3)nc(-c3ccccc3)c2C1. The molecule has 32 heavy (non-hydrogen) atoms. The number of fused-ring (bicyclic) bond motifs is 1. The summed E-state index contributed by atoms with van der Waals surface area (Å²) in [5, 5.41) is 3.35. The Bertz CT molecular complexity index is 1320. The molecule has 3 N–H and O–H groups in total. The van der Waals surface area contributed by atoms with Gasteiger partial charge < -0.3 is 15.8 Å². The molecule has 3 aromatic carbocycles. The fraction of sp³-hybridized carbons (Fsp3) is 0.0385. The summed E-state index contributed by atoms with van der Waals surface area (Å²) in [6, 6.07) is 25.8. The fourth-order valence-electron chi connectivity index (χ4n) is 3.76. The molecule has 0 amide bonds. The summed E-state index contributed by atoms with van der Waals surface area (Å²) in [7, 11) is 0. The first-order valence-electron chi connectivity index (χ1n) is 10.1. The Kier molecular flexibility index (Phi) is 5.25. The monoisotopic (exact) mass is 443 g/mol. The molecule has 0 bridgehead atoms. The molecule has 0 radical (unpaired) electrons. The van der Waals surface area contributed by atoms with Crippen LogP contribution < -0.4 is 15.8 Å². The van der Waals surface area contributed by atoms with Crippen molar-refractivity contribution < 1.29 is 9.13 Å². The van der Waals surface area contributed by atoms with Crippen LogP contribution in [0.5, 0.6) is 11.6 Å². The van der Waals surface area contributed by atoms with Crippen molar-refractivity contribution in [3.05, 3.63) is 113 Å². The number of nitrogens with one attached hydrogen (secondary N) is 1. The van der Waals surface area contributed by atoms with Gasteiger partial charge in [-0.05, 0) is 35.9 Å². The number of benzene rings is 3. The van der Waals surface area contributed by atoms with Crippen molar-refractivity contribution in [2.24, 2.45) is 5.73 Å². The standard InChI is InChI=1S/C26H19ClFN3O/c27-21-13-17(11-12-22(21)28)30-26-20-15-24(32-18-9-5-2-6-10-18)31-25(19(20)14-23(26)29)16-7-3-1-4-8-16/h1-13,15,30H,14,29H2. The Balaban J connectivity index is 1.60. The molecule has 0 spiro atoms. The number of hydrogen-bond acceptors (Lipinski definition) is 4. The highest BCUT2D eigenvalue weighted by atomic mass is 35.5. The Morgan fingerprint density at radius 1 is 0.938 bits per heavy atom. The smallest absolute Gasteiger partial charge is 0.220 e. The van der Waals surface area contributed by atoms with E-state index in [2.05, 4.69) is 5.32 Å². The molecule has 158 valence electrons.